The van der Waals surface area contributed by atoms with Crippen LogP contribution < -0.4 is 5.32 Å². The number of aromatic nitrogens is 2. The van der Waals surface area contributed by atoms with Crippen molar-refractivity contribution in [2.45, 2.75) is 63.2 Å². The van der Waals surface area contributed by atoms with Crippen LogP contribution >= 0.6 is 0 Å². The van der Waals surface area contributed by atoms with Gasteiger partial charge in [0.2, 0.25) is 21.8 Å². The number of amides is 1. The SMILES string of the molecule is CCC(=O)Nc1ccc(S(=O)(=O)N2CCCC(Cc3nc(C4CC4)no3)C2)c(C)c1. The zero-order valence-electron chi connectivity index (χ0n) is 17.4. The molecule has 0 bridgehead atoms. The number of nitrogens with one attached hydrogen (secondary N) is 1. The van der Waals surface area contributed by atoms with Gasteiger partial charge in [-0.1, -0.05) is 12.1 Å². The number of benzene rings is 1. The van der Waals surface area contributed by atoms with Crippen molar-refractivity contribution < 1.29 is 17.7 Å². The molecule has 1 saturated carbocycles. The molecule has 8 nitrogen and oxygen atoms in total. The molecule has 4 rings (SSSR count). The second-order valence-electron chi connectivity index (χ2n) is 8.28. The van der Waals surface area contributed by atoms with E-state index in [1.54, 1.807) is 36.4 Å². The summed E-state index contributed by atoms with van der Waals surface area (Å²) in [7, 11) is -3.61. The second-order valence-corrected chi connectivity index (χ2v) is 10.2. The Kier molecular flexibility index (Phi) is 5.92. The third kappa shape index (κ3) is 4.57. The van der Waals surface area contributed by atoms with Crippen LogP contribution in [0.2, 0.25) is 0 Å². The minimum atomic E-state index is -3.61. The fourth-order valence-corrected chi connectivity index (χ4v) is 5.68. The summed E-state index contributed by atoms with van der Waals surface area (Å²) in [4.78, 5) is 16.4. The number of anilines is 1. The highest BCUT2D eigenvalue weighted by atomic mass is 32.2. The van der Waals surface area contributed by atoms with Gasteiger partial charge in [0.25, 0.3) is 0 Å². The molecule has 0 spiro atoms. The molecule has 9 heteroatoms. The molecule has 1 amide bonds. The van der Waals surface area contributed by atoms with E-state index >= 15 is 0 Å². The number of hydrogen-bond acceptors (Lipinski definition) is 6. The third-order valence-electron chi connectivity index (χ3n) is 5.77. The summed E-state index contributed by atoms with van der Waals surface area (Å²) in [5.41, 5.74) is 1.23. The van der Waals surface area contributed by atoms with Crippen molar-refractivity contribution >= 4 is 21.6 Å². The predicted octanol–water partition coefficient (Wildman–Crippen LogP) is 3.25. The summed E-state index contributed by atoms with van der Waals surface area (Å²) in [5.74, 6) is 1.89. The van der Waals surface area contributed by atoms with E-state index < -0.39 is 10.0 Å². The summed E-state index contributed by atoms with van der Waals surface area (Å²) in [5, 5.41) is 6.83. The maximum atomic E-state index is 13.3. The molecule has 1 aliphatic carbocycles. The van der Waals surface area contributed by atoms with Gasteiger partial charge in [-0.3, -0.25) is 4.79 Å². The van der Waals surface area contributed by atoms with E-state index in [1.807, 2.05) is 0 Å². The monoisotopic (exact) mass is 432 g/mol. The van der Waals surface area contributed by atoms with Crippen LogP contribution in [-0.2, 0) is 21.2 Å². The van der Waals surface area contributed by atoms with Crippen LogP contribution in [0, 0.1) is 12.8 Å². The molecule has 2 fully saturated rings. The number of carbonyl (C=O) groups excluding carboxylic acids is 1. The van der Waals surface area contributed by atoms with Gasteiger partial charge in [0.15, 0.2) is 5.82 Å². The summed E-state index contributed by atoms with van der Waals surface area (Å²) < 4.78 is 33.5. The van der Waals surface area contributed by atoms with Crippen molar-refractivity contribution in [3.05, 3.63) is 35.5 Å². The summed E-state index contributed by atoms with van der Waals surface area (Å²) >= 11 is 0. The van der Waals surface area contributed by atoms with Crippen molar-refractivity contribution in [2.24, 2.45) is 5.92 Å². The maximum absolute atomic E-state index is 13.3. The molecule has 2 aromatic rings. The Morgan fingerprint density at radius 2 is 2.10 bits per heavy atom. The minimum Gasteiger partial charge on any atom is -0.339 e. The highest BCUT2D eigenvalue weighted by molar-refractivity contribution is 7.89. The number of rotatable bonds is 7. The van der Waals surface area contributed by atoms with Gasteiger partial charge >= 0.3 is 0 Å². The average Bonchev–Trinajstić information content (AvgIpc) is 3.47. The van der Waals surface area contributed by atoms with E-state index in [2.05, 4.69) is 15.5 Å². The van der Waals surface area contributed by atoms with Crippen molar-refractivity contribution in [3.8, 4) is 0 Å². The van der Waals surface area contributed by atoms with Gasteiger partial charge in [-0.15, -0.1) is 0 Å². The largest absolute Gasteiger partial charge is 0.339 e. The number of hydrogen-bond donors (Lipinski definition) is 1. The Bertz CT molecular complexity index is 1030. The third-order valence-corrected chi connectivity index (χ3v) is 7.79. The van der Waals surface area contributed by atoms with Crippen molar-refractivity contribution in [1.82, 2.24) is 14.4 Å². The Labute approximate surface area is 177 Å². The molecule has 30 heavy (non-hydrogen) atoms. The van der Waals surface area contributed by atoms with E-state index in [4.69, 9.17) is 4.52 Å². The molecule has 0 radical (unpaired) electrons. The van der Waals surface area contributed by atoms with Crippen LogP contribution in [0.3, 0.4) is 0 Å². The average molecular weight is 433 g/mol. The highest BCUT2D eigenvalue weighted by Gasteiger charge is 2.33. The molecule has 1 unspecified atom stereocenters. The Morgan fingerprint density at radius 3 is 2.80 bits per heavy atom. The minimum absolute atomic E-state index is 0.102. The van der Waals surface area contributed by atoms with Gasteiger partial charge in [-0.25, -0.2) is 8.42 Å². The quantitative estimate of drug-likeness (QED) is 0.720. The van der Waals surface area contributed by atoms with Crippen LogP contribution in [0.15, 0.2) is 27.6 Å². The zero-order valence-corrected chi connectivity index (χ0v) is 18.2. The highest BCUT2D eigenvalue weighted by Crippen LogP contribution is 2.38. The molecular weight excluding hydrogens is 404 g/mol. The van der Waals surface area contributed by atoms with E-state index in [9.17, 15) is 13.2 Å². The first-order chi connectivity index (χ1) is 14.4. The van der Waals surface area contributed by atoms with Crippen LogP contribution in [0.4, 0.5) is 5.69 Å². The number of sulfonamides is 1. The lowest BCUT2D eigenvalue weighted by Crippen LogP contribution is -2.40. The Balaban J connectivity index is 1.45. The first kappa shape index (κ1) is 21.0. The van der Waals surface area contributed by atoms with E-state index in [0.29, 0.717) is 49.0 Å². The first-order valence-electron chi connectivity index (χ1n) is 10.6. The van der Waals surface area contributed by atoms with Crippen molar-refractivity contribution in [1.29, 1.82) is 0 Å². The number of aryl methyl sites for hydroxylation is 1. The molecule has 1 saturated heterocycles. The van der Waals surface area contributed by atoms with Gasteiger partial charge < -0.3 is 9.84 Å². The van der Waals surface area contributed by atoms with Crippen LogP contribution in [0.1, 0.15) is 62.2 Å². The predicted molar refractivity (Wildman–Crippen MR) is 112 cm³/mol. The van der Waals surface area contributed by atoms with Gasteiger partial charge in [-0.2, -0.15) is 9.29 Å². The van der Waals surface area contributed by atoms with Gasteiger partial charge in [0, 0.05) is 37.5 Å². The van der Waals surface area contributed by atoms with E-state index in [1.165, 1.54) is 0 Å². The van der Waals surface area contributed by atoms with Crippen LogP contribution in [-0.4, -0.2) is 41.9 Å². The summed E-state index contributed by atoms with van der Waals surface area (Å²) in [6, 6.07) is 4.94. The number of carbonyl (C=O) groups is 1. The van der Waals surface area contributed by atoms with Gasteiger partial charge in [-0.05, 0) is 62.3 Å². The Hall–Kier alpha value is -2.26. The molecule has 1 aromatic carbocycles. The fourth-order valence-electron chi connectivity index (χ4n) is 3.92. The van der Waals surface area contributed by atoms with Crippen LogP contribution in [0.25, 0.3) is 0 Å². The molecule has 1 N–H and O–H groups in total. The van der Waals surface area contributed by atoms with Crippen molar-refractivity contribution in [2.75, 3.05) is 18.4 Å². The molecular formula is C21H28N4O4S. The zero-order chi connectivity index (χ0) is 21.3. The first-order valence-corrected chi connectivity index (χ1v) is 12.0. The lowest BCUT2D eigenvalue weighted by Gasteiger charge is -2.31. The maximum Gasteiger partial charge on any atom is 0.243 e. The lowest BCUT2D eigenvalue weighted by atomic mass is 9.96. The molecule has 1 aromatic heterocycles. The van der Waals surface area contributed by atoms with Gasteiger partial charge in [0.05, 0.1) is 4.90 Å². The molecule has 1 aliphatic heterocycles. The molecule has 162 valence electrons. The van der Waals surface area contributed by atoms with Crippen LogP contribution in [0.5, 0.6) is 0 Å². The van der Waals surface area contributed by atoms with E-state index in [-0.39, 0.29) is 16.7 Å². The standard InChI is InChI=1S/C21H28N4O4S/c1-3-19(26)22-17-8-9-18(14(2)11-17)30(27,28)25-10-4-5-15(13-25)12-20-23-21(24-29-20)16-6-7-16/h8-9,11,15-16H,3-7,10,12-13H2,1-2H3,(H,22,26). The molecule has 2 heterocycles. The second kappa shape index (κ2) is 8.47. The topological polar surface area (TPSA) is 105 Å². The van der Waals surface area contributed by atoms with Crippen molar-refractivity contribution in [3.63, 3.8) is 0 Å². The van der Waals surface area contributed by atoms with Gasteiger partial charge in [0.1, 0.15) is 0 Å². The molecule has 2 aliphatic rings. The van der Waals surface area contributed by atoms with E-state index in [0.717, 1.165) is 31.5 Å². The molecule has 1 atom stereocenters. The number of piperidine rings is 1. The normalized spacial score (nSPS) is 20.3. The lowest BCUT2D eigenvalue weighted by molar-refractivity contribution is -0.115. The Morgan fingerprint density at radius 1 is 1.30 bits per heavy atom. The smallest absolute Gasteiger partial charge is 0.243 e. The summed E-state index contributed by atoms with van der Waals surface area (Å²) in [6.45, 7) is 4.48. The fraction of sp³-hybridized carbons (Fsp3) is 0.571. The number of nitrogens with zero attached hydrogens (tertiary/aromatic N) is 3. The summed E-state index contributed by atoms with van der Waals surface area (Å²) in [6.07, 6.45) is 4.96.